The largest absolute Gasteiger partial charge is 0.494 e. The molecule has 5 rings (SSSR count). The maximum absolute atomic E-state index is 14.1. The molecule has 4 aromatic rings. The predicted octanol–water partition coefficient (Wildman–Crippen LogP) is 5.43. The minimum absolute atomic E-state index is 0.220. The summed E-state index contributed by atoms with van der Waals surface area (Å²) in [4.78, 5) is 16.0. The Balaban J connectivity index is 1.67. The average Bonchev–Trinajstić information content (AvgIpc) is 3.47. The second kappa shape index (κ2) is 7.42. The highest BCUT2D eigenvalue weighted by molar-refractivity contribution is 7.13. The van der Waals surface area contributed by atoms with Crippen molar-refractivity contribution in [2.24, 2.45) is 0 Å². The summed E-state index contributed by atoms with van der Waals surface area (Å²) < 4.78 is 19.6. The van der Waals surface area contributed by atoms with Crippen LogP contribution in [0, 0.1) is 5.82 Å². The van der Waals surface area contributed by atoms with Crippen LogP contribution in [-0.4, -0.2) is 22.7 Å². The Hall–Kier alpha value is -3.45. The highest BCUT2D eigenvalue weighted by Gasteiger charge is 2.43. The maximum Gasteiger partial charge on any atom is 0.280 e. The van der Waals surface area contributed by atoms with Gasteiger partial charge in [0.25, 0.3) is 5.91 Å². The molecule has 1 atom stereocenters. The summed E-state index contributed by atoms with van der Waals surface area (Å²) in [6.07, 6.45) is 0. The fraction of sp³-hybridized carbons (Fsp3) is 0.130. The summed E-state index contributed by atoms with van der Waals surface area (Å²) in [5.41, 5.74) is 3.31. The Bertz CT molecular complexity index is 1200. The molecule has 1 aliphatic rings. The van der Waals surface area contributed by atoms with Crippen LogP contribution >= 0.6 is 11.3 Å². The van der Waals surface area contributed by atoms with Crippen molar-refractivity contribution in [1.29, 1.82) is 0 Å². The topological polar surface area (TPSA) is 58.2 Å². The van der Waals surface area contributed by atoms with E-state index >= 15 is 0 Å². The summed E-state index contributed by atoms with van der Waals surface area (Å²) in [6, 6.07) is 17.2. The lowest BCUT2D eigenvalue weighted by atomic mass is 9.98. The Morgan fingerprint density at radius 1 is 1.17 bits per heavy atom. The van der Waals surface area contributed by atoms with Gasteiger partial charge in [-0.1, -0.05) is 18.2 Å². The minimum Gasteiger partial charge on any atom is -0.494 e. The number of aromatic nitrogens is 2. The first kappa shape index (κ1) is 18.6. The smallest absolute Gasteiger partial charge is 0.280 e. The Morgan fingerprint density at radius 3 is 2.70 bits per heavy atom. The fourth-order valence-corrected chi connectivity index (χ4v) is 4.61. The number of rotatable bonds is 5. The molecular formula is C23H18FN3O2S. The second-order valence-electron chi connectivity index (χ2n) is 6.90. The van der Waals surface area contributed by atoms with Crippen LogP contribution in [0.25, 0.3) is 10.6 Å². The predicted molar refractivity (Wildman–Crippen MR) is 115 cm³/mol. The van der Waals surface area contributed by atoms with Gasteiger partial charge in [0.05, 0.1) is 23.2 Å². The van der Waals surface area contributed by atoms with E-state index in [1.165, 1.54) is 12.1 Å². The van der Waals surface area contributed by atoms with Gasteiger partial charge in [-0.3, -0.25) is 14.8 Å². The molecule has 30 heavy (non-hydrogen) atoms. The number of hydrogen-bond donors (Lipinski definition) is 1. The number of benzene rings is 2. The molecule has 0 fully saturated rings. The third kappa shape index (κ3) is 2.98. The molecule has 0 aliphatic carbocycles. The quantitative estimate of drug-likeness (QED) is 0.470. The third-order valence-corrected chi connectivity index (χ3v) is 6.00. The zero-order valence-corrected chi connectivity index (χ0v) is 16.9. The van der Waals surface area contributed by atoms with Crippen LogP contribution in [0.2, 0.25) is 0 Å². The normalized spacial score (nSPS) is 15.5. The van der Waals surface area contributed by atoms with E-state index < -0.39 is 6.04 Å². The molecule has 0 spiro atoms. The van der Waals surface area contributed by atoms with Crippen LogP contribution in [0.3, 0.4) is 0 Å². The summed E-state index contributed by atoms with van der Waals surface area (Å²) in [5, 5.41) is 9.32. The van der Waals surface area contributed by atoms with E-state index in [1.807, 2.05) is 54.8 Å². The first-order chi connectivity index (χ1) is 14.7. The molecule has 2 aromatic carbocycles. The number of hydrogen-bond acceptors (Lipinski definition) is 4. The van der Waals surface area contributed by atoms with Crippen LogP contribution in [-0.2, 0) is 0 Å². The summed E-state index contributed by atoms with van der Waals surface area (Å²) in [6.45, 7) is 2.48. The van der Waals surface area contributed by atoms with Gasteiger partial charge in [0, 0.05) is 11.3 Å². The van der Waals surface area contributed by atoms with Crippen molar-refractivity contribution in [3.05, 3.63) is 88.7 Å². The van der Waals surface area contributed by atoms with Crippen molar-refractivity contribution in [2.75, 3.05) is 11.5 Å². The van der Waals surface area contributed by atoms with Crippen molar-refractivity contribution in [3.63, 3.8) is 0 Å². The second-order valence-corrected chi connectivity index (χ2v) is 7.85. The van der Waals surface area contributed by atoms with Crippen LogP contribution in [0.4, 0.5) is 10.1 Å². The number of ether oxygens (including phenoxy) is 1. The fourth-order valence-electron chi connectivity index (χ4n) is 3.88. The van der Waals surface area contributed by atoms with Gasteiger partial charge in [0.2, 0.25) is 0 Å². The monoisotopic (exact) mass is 419 g/mol. The average molecular weight is 419 g/mol. The lowest BCUT2D eigenvalue weighted by molar-refractivity contribution is 0.0988. The van der Waals surface area contributed by atoms with Gasteiger partial charge >= 0.3 is 0 Å². The first-order valence-electron chi connectivity index (χ1n) is 9.61. The summed E-state index contributed by atoms with van der Waals surface area (Å²) >= 11 is 1.56. The minimum atomic E-state index is -0.489. The number of nitrogens with one attached hydrogen (secondary N) is 1. The van der Waals surface area contributed by atoms with Gasteiger partial charge in [0.1, 0.15) is 11.6 Å². The number of H-pyrrole nitrogens is 1. The Morgan fingerprint density at radius 2 is 2.00 bits per heavy atom. The van der Waals surface area contributed by atoms with E-state index in [9.17, 15) is 9.18 Å². The molecule has 150 valence electrons. The van der Waals surface area contributed by atoms with E-state index in [1.54, 1.807) is 22.3 Å². The van der Waals surface area contributed by atoms with Gasteiger partial charge in [-0.25, -0.2) is 4.39 Å². The molecule has 5 nitrogen and oxygen atoms in total. The molecule has 0 bridgehead atoms. The molecule has 7 heteroatoms. The molecule has 2 aromatic heterocycles. The standard InChI is InChI=1S/C23H18FN3O2S/c1-2-29-17-10-8-16(9-11-17)27-22(14-5-3-6-15(24)13-14)19-20(18-7-4-12-30-18)25-26-21(19)23(27)28/h3-13,22H,2H2,1H3,(H,25,26)/t22-/m0/s1. The number of carbonyl (C=O) groups excluding carboxylic acids is 1. The van der Waals surface area contributed by atoms with Crippen LogP contribution < -0.4 is 9.64 Å². The zero-order chi connectivity index (χ0) is 20.7. The lowest BCUT2D eigenvalue weighted by Gasteiger charge is -2.26. The highest BCUT2D eigenvalue weighted by atomic mass is 32.1. The first-order valence-corrected chi connectivity index (χ1v) is 10.5. The molecule has 0 unspecified atom stereocenters. The van der Waals surface area contributed by atoms with Crippen LogP contribution in [0.1, 0.15) is 34.6 Å². The van der Waals surface area contributed by atoms with Gasteiger partial charge < -0.3 is 4.74 Å². The third-order valence-electron chi connectivity index (χ3n) is 5.11. The maximum atomic E-state index is 14.1. The van der Waals surface area contributed by atoms with E-state index in [0.717, 1.165) is 21.9 Å². The van der Waals surface area contributed by atoms with Crippen molar-refractivity contribution in [3.8, 4) is 16.3 Å². The number of halogens is 1. The van der Waals surface area contributed by atoms with Crippen molar-refractivity contribution in [2.45, 2.75) is 13.0 Å². The van der Waals surface area contributed by atoms with E-state index in [-0.39, 0.29) is 11.7 Å². The number of aromatic amines is 1. The van der Waals surface area contributed by atoms with Gasteiger partial charge in [0.15, 0.2) is 5.69 Å². The van der Waals surface area contributed by atoms with Gasteiger partial charge in [-0.05, 0) is 60.3 Å². The van der Waals surface area contributed by atoms with E-state index in [2.05, 4.69) is 10.2 Å². The Labute approximate surface area is 176 Å². The van der Waals surface area contributed by atoms with Crippen molar-refractivity contribution < 1.29 is 13.9 Å². The summed E-state index contributed by atoms with van der Waals surface area (Å²) in [5.74, 6) is 0.164. The SMILES string of the molecule is CCOc1ccc(N2C(=O)c3n[nH]c(-c4cccs4)c3[C@@H]2c2cccc(F)c2)cc1. The van der Waals surface area contributed by atoms with E-state index in [0.29, 0.717) is 23.6 Å². The molecule has 3 heterocycles. The number of fused-ring (bicyclic) bond motifs is 1. The van der Waals surface area contributed by atoms with Crippen molar-refractivity contribution in [1.82, 2.24) is 10.2 Å². The van der Waals surface area contributed by atoms with Gasteiger partial charge in [-0.15, -0.1) is 11.3 Å². The molecule has 1 N–H and O–H groups in total. The van der Waals surface area contributed by atoms with Crippen molar-refractivity contribution >= 4 is 22.9 Å². The zero-order valence-electron chi connectivity index (χ0n) is 16.1. The molecule has 1 aliphatic heterocycles. The lowest BCUT2D eigenvalue weighted by Crippen LogP contribution is -2.29. The molecule has 0 saturated carbocycles. The Kier molecular flexibility index (Phi) is 4.59. The van der Waals surface area contributed by atoms with Gasteiger partial charge in [-0.2, -0.15) is 5.10 Å². The molecule has 0 radical (unpaired) electrons. The number of nitrogens with zero attached hydrogens (tertiary/aromatic N) is 2. The molecular weight excluding hydrogens is 401 g/mol. The number of anilines is 1. The number of amides is 1. The molecule has 1 amide bonds. The molecule has 0 saturated heterocycles. The van der Waals surface area contributed by atoms with Crippen LogP contribution in [0.15, 0.2) is 66.0 Å². The highest BCUT2D eigenvalue weighted by Crippen LogP contribution is 2.45. The summed E-state index contributed by atoms with van der Waals surface area (Å²) in [7, 11) is 0. The number of thiophene rings is 1. The number of carbonyl (C=O) groups is 1. The van der Waals surface area contributed by atoms with Crippen LogP contribution in [0.5, 0.6) is 5.75 Å². The van der Waals surface area contributed by atoms with E-state index in [4.69, 9.17) is 4.74 Å².